The molecule has 2 aliphatic heterocycles. The summed E-state index contributed by atoms with van der Waals surface area (Å²) in [6.07, 6.45) is 1.31. The summed E-state index contributed by atoms with van der Waals surface area (Å²) in [4.78, 5) is 14.0. The highest BCUT2D eigenvalue weighted by Crippen LogP contribution is 2.21. The van der Waals surface area contributed by atoms with Crippen molar-refractivity contribution in [2.24, 2.45) is 0 Å². The molecule has 1 atom stereocenters. The zero-order valence-electron chi connectivity index (χ0n) is 13.4. The van der Waals surface area contributed by atoms with E-state index in [4.69, 9.17) is 16.3 Å². The number of nitrogens with zero attached hydrogens (tertiary/aromatic N) is 2. The number of halogens is 1. The molecular weight excluding hydrogens is 352 g/mol. The van der Waals surface area contributed by atoms with Crippen molar-refractivity contribution in [1.82, 2.24) is 9.21 Å². The fraction of sp³-hybridized carbons (Fsp3) is 0.562. The minimum absolute atomic E-state index is 0.0179. The Labute approximate surface area is 147 Å². The highest BCUT2D eigenvalue weighted by Gasteiger charge is 2.33. The number of sulfonamides is 1. The molecule has 2 fully saturated rings. The number of hydrogen-bond acceptors (Lipinski definition) is 4. The van der Waals surface area contributed by atoms with Gasteiger partial charge in [-0.05, 0) is 24.5 Å². The maximum Gasteiger partial charge on any atom is 0.251 e. The number of hydrogen-bond donors (Lipinski definition) is 0. The largest absolute Gasteiger partial charge is 0.368 e. The third-order valence-corrected chi connectivity index (χ3v) is 6.64. The van der Waals surface area contributed by atoms with E-state index in [-0.39, 0.29) is 17.8 Å². The second-order valence-corrected chi connectivity index (χ2v) is 8.45. The van der Waals surface area contributed by atoms with Crippen molar-refractivity contribution in [3.63, 3.8) is 0 Å². The Kier molecular flexibility index (Phi) is 5.44. The molecule has 0 spiro atoms. The van der Waals surface area contributed by atoms with Gasteiger partial charge >= 0.3 is 0 Å². The maximum absolute atomic E-state index is 12.6. The van der Waals surface area contributed by atoms with Crippen LogP contribution in [0.1, 0.15) is 18.4 Å². The van der Waals surface area contributed by atoms with Gasteiger partial charge in [0.1, 0.15) is 6.10 Å². The van der Waals surface area contributed by atoms with Gasteiger partial charge in [-0.1, -0.05) is 29.8 Å². The fourth-order valence-corrected chi connectivity index (χ4v) is 4.89. The van der Waals surface area contributed by atoms with Crippen molar-refractivity contribution < 1.29 is 17.9 Å². The summed E-state index contributed by atoms with van der Waals surface area (Å²) in [5.41, 5.74) is 0.594. The van der Waals surface area contributed by atoms with Crippen LogP contribution in [0, 0.1) is 0 Å². The Balaban J connectivity index is 1.59. The number of piperazine rings is 1. The Morgan fingerprint density at radius 1 is 1.21 bits per heavy atom. The molecule has 1 amide bonds. The molecule has 3 rings (SSSR count). The molecule has 2 heterocycles. The summed E-state index contributed by atoms with van der Waals surface area (Å²) in [6, 6.07) is 6.95. The Hall–Kier alpha value is -1.15. The SMILES string of the molecule is O=C(C1CCCO1)N1CCN(S(=O)(=O)Cc2ccccc2Cl)CC1. The third kappa shape index (κ3) is 3.91. The lowest BCUT2D eigenvalue weighted by Crippen LogP contribution is -2.52. The molecule has 2 aliphatic rings. The predicted octanol–water partition coefficient (Wildman–Crippen LogP) is 1.49. The second-order valence-electron chi connectivity index (χ2n) is 6.07. The number of rotatable bonds is 4. The van der Waals surface area contributed by atoms with Crippen molar-refractivity contribution in [1.29, 1.82) is 0 Å². The quantitative estimate of drug-likeness (QED) is 0.803. The van der Waals surface area contributed by atoms with Gasteiger partial charge in [0.05, 0.1) is 5.75 Å². The van der Waals surface area contributed by atoms with Gasteiger partial charge in [0, 0.05) is 37.8 Å². The van der Waals surface area contributed by atoms with Crippen LogP contribution in [-0.2, 0) is 25.3 Å². The number of amides is 1. The molecule has 2 saturated heterocycles. The molecule has 0 bridgehead atoms. The maximum atomic E-state index is 12.6. The van der Waals surface area contributed by atoms with Gasteiger partial charge in [0.2, 0.25) is 10.0 Å². The molecule has 24 heavy (non-hydrogen) atoms. The normalized spacial score (nSPS) is 22.7. The Bertz CT molecular complexity index is 696. The van der Waals surface area contributed by atoms with Crippen molar-refractivity contribution in [2.45, 2.75) is 24.7 Å². The standard InChI is InChI=1S/C16H21ClN2O4S/c17-14-5-2-1-4-13(14)12-24(21,22)19-9-7-18(8-10-19)16(20)15-6-3-11-23-15/h1-2,4-5,15H,3,6-12H2. The zero-order valence-corrected chi connectivity index (χ0v) is 14.9. The van der Waals surface area contributed by atoms with Gasteiger partial charge in [-0.25, -0.2) is 8.42 Å². The van der Waals surface area contributed by atoms with Crippen LogP contribution in [0.2, 0.25) is 5.02 Å². The highest BCUT2D eigenvalue weighted by molar-refractivity contribution is 7.88. The van der Waals surface area contributed by atoms with E-state index in [0.29, 0.717) is 43.4 Å². The highest BCUT2D eigenvalue weighted by atomic mass is 35.5. The lowest BCUT2D eigenvalue weighted by molar-refractivity contribution is -0.142. The molecule has 0 saturated carbocycles. The molecular formula is C16H21ClN2O4S. The smallest absolute Gasteiger partial charge is 0.251 e. The van der Waals surface area contributed by atoms with Crippen LogP contribution in [-0.4, -0.2) is 62.4 Å². The third-order valence-electron chi connectivity index (χ3n) is 4.44. The van der Waals surface area contributed by atoms with Crippen LogP contribution in [0.15, 0.2) is 24.3 Å². The fourth-order valence-electron chi connectivity index (χ4n) is 3.07. The monoisotopic (exact) mass is 372 g/mol. The first kappa shape index (κ1) is 17.7. The number of ether oxygens (including phenoxy) is 1. The first-order valence-corrected chi connectivity index (χ1v) is 10.1. The van der Waals surface area contributed by atoms with Crippen molar-refractivity contribution in [3.8, 4) is 0 Å². The number of carbonyl (C=O) groups is 1. The van der Waals surface area contributed by atoms with Gasteiger partial charge in [0.15, 0.2) is 0 Å². The van der Waals surface area contributed by atoms with Gasteiger partial charge in [-0.2, -0.15) is 4.31 Å². The molecule has 0 aliphatic carbocycles. The summed E-state index contributed by atoms with van der Waals surface area (Å²) in [6.45, 7) is 2.06. The van der Waals surface area contributed by atoms with Crippen LogP contribution in [0.5, 0.6) is 0 Å². The molecule has 1 aromatic rings. The van der Waals surface area contributed by atoms with Crippen LogP contribution in [0.25, 0.3) is 0 Å². The van der Waals surface area contributed by atoms with E-state index in [1.165, 1.54) is 4.31 Å². The summed E-state index contributed by atoms with van der Waals surface area (Å²) >= 11 is 6.06. The van der Waals surface area contributed by atoms with Crippen LogP contribution in [0.4, 0.5) is 0 Å². The van der Waals surface area contributed by atoms with Gasteiger partial charge in [-0.15, -0.1) is 0 Å². The Morgan fingerprint density at radius 3 is 2.54 bits per heavy atom. The van der Waals surface area contributed by atoms with E-state index >= 15 is 0 Å². The number of carbonyl (C=O) groups excluding carboxylic acids is 1. The predicted molar refractivity (Wildman–Crippen MR) is 91.2 cm³/mol. The van der Waals surface area contributed by atoms with Crippen molar-refractivity contribution in [2.75, 3.05) is 32.8 Å². The molecule has 132 valence electrons. The van der Waals surface area contributed by atoms with Crippen molar-refractivity contribution in [3.05, 3.63) is 34.9 Å². The van der Waals surface area contributed by atoms with E-state index in [1.807, 2.05) is 0 Å². The first-order valence-electron chi connectivity index (χ1n) is 8.09. The molecule has 0 N–H and O–H groups in total. The summed E-state index contributed by atoms with van der Waals surface area (Å²) in [5.74, 6) is -0.137. The minimum atomic E-state index is -3.45. The second kappa shape index (κ2) is 7.39. The van der Waals surface area contributed by atoms with Crippen LogP contribution >= 0.6 is 11.6 Å². The van der Waals surface area contributed by atoms with Gasteiger partial charge < -0.3 is 9.64 Å². The molecule has 6 nitrogen and oxygen atoms in total. The molecule has 1 aromatic carbocycles. The van der Waals surface area contributed by atoms with Gasteiger partial charge in [0.25, 0.3) is 5.91 Å². The average molecular weight is 373 g/mol. The van der Waals surface area contributed by atoms with Crippen molar-refractivity contribution >= 4 is 27.5 Å². The zero-order chi connectivity index (χ0) is 17.2. The van der Waals surface area contributed by atoms with Gasteiger partial charge in [-0.3, -0.25) is 4.79 Å². The summed E-state index contributed by atoms with van der Waals surface area (Å²) in [5, 5.41) is 0.452. The average Bonchev–Trinajstić information content (AvgIpc) is 3.11. The van der Waals surface area contributed by atoms with E-state index < -0.39 is 10.0 Å². The number of benzene rings is 1. The lowest BCUT2D eigenvalue weighted by Gasteiger charge is -2.35. The van der Waals surface area contributed by atoms with Crippen LogP contribution in [0.3, 0.4) is 0 Å². The molecule has 1 unspecified atom stereocenters. The van der Waals surface area contributed by atoms with E-state index in [0.717, 1.165) is 12.8 Å². The molecule has 8 heteroatoms. The molecule has 0 aromatic heterocycles. The summed E-state index contributed by atoms with van der Waals surface area (Å²) in [7, 11) is -3.45. The molecule has 0 radical (unpaired) electrons. The van der Waals surface area contributed by atoms with E-state index in [9.17, 15) is 13.2 Å². The lowest BCUT2D eigenvalue weighted by atomic mass is 10.2. The Morgan fingerprint density at radius 2 is 1.92 bits per heavy atom. The summed E-state index contributed by atoms with van der Waals surface area (Å²) < 4.78 is 32.0. The topological polar surface area (TPSA) is 66.9 Å². The van der Waals surface area contributed by atoms with E-state index in [2.05, 4.69) is 0 Å². The minimum Gasteiger partial charge on any atom is -0.368 e. The van der Waals surface area contributed by atoms with Crippen LogP contribution < -0.4 is 0 Å². The first-order chi connectivity index (χ1) is 11.5. The van der Waals surface area contributed by atoms with E-state index in [1.54, 1.807) is 29.2 Å².